The Balaban J connectivity index is 1.73. The molecular weight excluding hydrogens is 290 g/mol. The zero-order valence-corrected chi connectivity index (χ0v) is 12.8. The minimum Gasteiger partial charge on any atom is -0.376 e. The van der Waals surface area contributed by atoms with E-state index in [0.29, 0.717) is 13.1 Å². The van der Waals surface area contributed by atoms with Crippen molar-refractivity contribution in [3.8, 4) is 0 Å². The fraction of sp³-hybridized carbons (Fsp3) is 0.400. The third kappa shape index (κ3) is 3.29. The lowest BCUT2D eigenvalue weighted by atomic mass is 10.2. The molecule has 1 aliphatic rings. The first-order valence-electron chi connectivity index (χ1n) is 6.78. The molecule has 0 aromatic carbocycles. The first kappa shape index (κ1) is 13.8. The minimum atomic E-state index is 0.107. The summed E-state index contributed by atoms with van der Waals surface area (Å²) in [5.41, 5.74) is 0.782. The van der Waals surface area contributed by atoms with Crippen LogP contribution < -0.4 is 0 Å². The molecule has 2 aromatic heterocycles. The van der Waals surface area contributed by atoms with E-state index in [1.54, 1.807) is 22.7 Å². The number of rotatable bonds is 5. The maximum absolute atomic E-state index is 12.6. The SMILES string of the molecule is O=C(c1ccsc1)N(Cc1cccs1)CC1CCCO1. The molecule has 1 amide bonds. The van der Waals surface area contributed by atoms with Crippen LogP contribution in [0.4, 0.5) is 0 Å². The first-order chi connectivity index (χ1) is 9.83. The molecule has 106 valence electrons. The standard InChI is InChI=1S/C15H17NO2S2/c17-15(12-5-8-19-11-12)16(9-13-3-1-6-18-13)10-14-4-2-7-20-14/h2,4-5,7-8,11,13H,1,3,6,9-10H2. The summed E-state index contributed by atoms with van der Waals surface area (Å²) < 4.78 is 5.68. The smallest absolute Gasteiger partial charge is 0.255 e. The Hall–Kier alpha value is -1.17. The molecule has 0 aliphatic carbocycles. The van der Waals surface area contributed by atoms with Crippen LogP contribution in [0.2, 0.25) is 0 Å². The largest absolute Gasteiger partial charge is 0.376 e. The molecule has 0 spiro atoms. The van der Waals surface area contributed by atoms with Crippen molar-refractivity contribution in [2.24, 2.45) is 0 Å². The van der Waals surface area contributed by atoms with Crippen LogP contribution in [0.15, 0.2) is 34.3 Å². The molecule has 3 rings (SSSR count). The van der Waals surface area contributed by atoms with Crippen LogP contribution >= 0.6 is 22.7 Å². The molecule has 5 heteroatoms. The number of carbonyl (C=O) groups excluding carboxylic acids is 1. The van der Waals surface area contributed by atoms with Crippen LogP contribution in [0, 0.1) is 0 Å². The maximum atomic E-state index is 12.6. The van der Waals surface area contributed by atoms with Gasteiger partial charge in [-0.1, -0.05) is 6.07 Å². The average Bonchev–Trinajstić information content (AvgIpc) is 3.20. The summed E-state index contributed by atoms with van der Waals surface area (Å²) in [6.45, 7) is 2.18. The molecule has 0 bridgehead atoms. The summed E-state index contributed by atoms with van der Waals surface area (Å²) in [7, 11) is 0. The quantitative estimate of drug-likeness (QED) is 0.844. The van der Waals surface area contributed by atoms with Crippen LogP contribution in [0.1, 0.15) is 28.1 Å². The summed E-state index contributed by atoms with van der Waals surface area (Å²) in [5.74, 6) is 0.107. The van der Waals surface area contributed by atoms with E-state index < -0.39 is 0 Å². The van der Waals surface area contributed by atoms with Gasteiger partial charge >= 0.3 is 0 Å². The van der Waals surface area contributed by atoms with E-state index in [1.165, 1.54) is 4.88 Å². The molecule has 3 nitrogen and oxygen atoms in total. The molecule has 1 fully saturated rings. The topological polar surface area (TPSA) is 29.5 Å². The Kier molecular flexibility index (Phi) is 4.50. The predicted octanol–water partition coefficient (Wildman–Crippen LogP) is 3.63. The van der Waals surface area contributed by atoms with Crippen molar-refractivity contribution in [2.75, 3.05) is 13.2 Å². The van der Waals surface area contributed by atoms with Crippen molar-refractivity contribution >= 4 is 28.6 Å². The van der Waals surface area contributed by atoms with Gasteiger partial charge in [0.1, 0.15) is 0 Å². The van der Waals surface area contributed by atoms with E-state index in [0.717, 1.165) is 25.0 Å². The van der Waals surface area contributed by atoms with E-state index in [-0.39, 0.29) is 12.0 Å². The highest BCUT2D eigenvalue weighted by atomic mass is 32.1. The Bertz CT molecular complexity index is 530. The number of carbonyl (C=O) groups is 1. The molecule has 0 N–H and O–H groups in total. The number of nitrogens with zero attached hydrogens (tertiary/aromatic N) is 1. The van der Waals surface area contributed by atoms with Crippen molar-refractivity contribution in [1.29, 1.82) is 0 Å². The van der Waals surface area contributed by atoms with E-state index in [4.69, 9.17) is 4.74 Å². The van der Waals surface area contributed by atoms with Gasteiger partial charge in [-0.2, -0.15) is 11.3 Å². The molecule has 1 saturated heterocycles. The van der Waals surface area contributed by atoms with Crippen LogP contribution in [-0.2, 0) is 11.3 Å². The van der Waals surface area contributed by atoms with Crippen molar-refractivity contribution in [2.45, 2.75) is 25.5 Å². The van der Waals surface area contributed by atoms with Crippen molar-refractivity contribution in [3.05, 3.63) is 44.8 Å². The number of thiophene rings is 2. The van der Waals surface area contributed by atoms with Gasteiger partial charge in [-0.3, -0.25) is 4.79 Å². The lowest BCUT2D eigenvalue weighted by Gasteiger charge is -2.24. The third-order valence-electron chi connectivity index (χ3n) is 3.43. The highest BCUT2D eigenvalue weighted by Crippen LogP contribution is 2.19. The second-order valence-electron chi connectivity index (χ2n) is 4.91. The van der Waals surface area contributed by atoms with Crippen LogP contribution in [-0.4, -0.2) is 30.1 Å². The highest BCUT2D eigenvalue weighted by molar-refractivity contribution is 7.09. The zero-order valence-electron chi connectivity index (χ0n) is 11.2. The Morgan fingerprint density at radius 3 is 3.00 bits per heavy atom. The van der Waals surface area contributed by atoms with Crippen molar-refractivity contribution < 1.29 is 9.53 Å². The van der Waals surface area contributed by atoms with E-state index >= 15 is 0 Å². The van der Waals surface area contributed by atoms with Gasteiger partial charge < -0.3 is 9.64 Å². The van der Waals surface area contributed by atoms with Gasteiger partial charge in [-0.05, 0) is 35.7 Å². The fourth-order valence-corrected chi connectivity index (χ4v) is 3.76. The van der Waals surface area contributed by atoms with Crippen LogP contribution in [0.5, 0.6) is 0 Å². The summed E-state index contributed by atoms with van der Waals surface area (Å²) in [4.78, 5) is 15.7. The summed E-state index contributed by atoms with van der Waals surface area (Å²) in [5, 5.41) is 5.91. The number of ether oxygens (including phenoxy) is 1. The van der Waals surface area contributed by atoms with Crippen LogP contribution in [0.3, 0.4) is 0 Å². The molecule has 20 heavy (non-hydrogen) atoms. The summed E-state index contributed by atoms with van der Waals surface area (Å²) in [6.07, 6.45) is 2.35. The monoisotopic (exact) mass is 307 g/mol. The summed E-state index contributed by atoms with van der Waals surface area (Å²) in [6, 6.07) is 6.00. The Morgan fingerprint density at radius 2 is 2.35 bits per heavy atom. The summed E-state index contributed by atoms with van der Waals surface area (Å²) >= 11 is 3.25. The van der Waals surface area contributed by atoms with Gasteiger partial charge in [0.2, 0.25) is 0 Å². The van der Waals surface area contributed by atoms with Gasteiger partial charge in [0, 0.05) is 23.4 Å². The van der Waals surface area contributed by atoms with Gasteiger partial charge in [0.05, 0.1) is 18.2 Å². The molecule has 3 heterocycles. The average molecular weight is 307 g/mol. The molecule has 1 aliphatic heterocycles. The fourth-order valence-electron chi connectivity index (χ4n) is 2.41. The third-order valence-corrected chi connectivity index (χ3v) is 4.97. The molecule has 2 aromatic rings. The molecule has 0 radical (unpaired) electrons. The number of hydrogen-bond donors (Lipinski definition) is 0. The molecular formula is C15H17NO2S2. The number of hydrogen-bond acceptors (Lipinski definition) is 4. The molecule has 1 unspecified atom stereocenters. The lowest BCUT2D eigenvalue weighted by molar-refractivity contribution is 0.0510. The highest BCUT2D eigenvalue weighted by Gasteiger charge is 2.24. The van der Waals surface area contributed by atoms with E-state index in [2.05, 4.69) is 11.4 Å². The van der Waals surface area contributed by atoms with Gasteiger partial charge in [0.15, 0.2) is 0 Å². The van der Waals surface area contributed by atoms with Gasteiger partial charge in [0.25, 0.3) is 5.91 Å². The maximum Gasteiger partial charge on any atom is 0.255 e. The molecule has 0 saturated carbocycles. The van der Waals surface area contributed by atoms with Crippen LogP contribution in [0.25, 0.3) is 0 Å². The second-order valence-corrected chi connectivity index (χ2v) is 6.72. The first-order valence-corrected chi connectivity index (χ1v) is 8.60. The minimum absolute atomic E-state index is 0.107. The van der Waals surface area contributed by atoms with Gasteiger partial charge in [-0.15, -0.1) is 11.3 Å². The lowest BCUT2D eigenvalue weighted by Crippen LogP contribution is -2.36. The van der Waals surface area contributed by atoms with E-state index in [1.807, 2.05) is 27.8 Å². The Morgan fingerprint density at radius 1 is 1.40 bits per heavy atom. The van der Waals surface area contributed by atoms with E-state index in [9.17, 15) is 4.79 Å². The van der Waals surface area contributed by atoms with Crippen molar-refractivity contribution in [3.63, 3.8) is 0 Å². The van der Waals surface area contributed by atoms with Gasteiger partial charge in [-0.25, -0.2) is 0 Å². The zero-order chi connectivity index (χ0) is 13.8. The second kappa shape index (κ2) is 6.52. The Labute approximate surface area is 126 Å². The van der Waals surface area contributed by atoms with Crippen molar-refractivity contribution in [1.82, 2.24) is 4.90 Å². The predicted molar refractivity (Wildman–Crippen MR) is 82.4 cm³/mol. The molecule has 1 atom stereocenters. The normalized spacial score (nSPS) is 18.3. The number of amides is 1.